The molecule has 1 aliphatic rings. The second kappa shape index (κ2) is 8.11. The number of carboxylic acids is 2. The predicted molar refractivity (Wildman–Crippen MR) is 85.9 cm³/mol. The second-order valence-corrected chi connectivity index (χ2v) is 6.30. The zero-order valence-electron chi connectivity index (χ0n) is 14.2. The van der Waals surface area contributed by atoms with Crippen LogP contribution in [-0.2, 0) is 14.4 Å². The summed E-state index contributed by atoms with van der Waals surface area (Å²) in [5.74, 6) is -2.61. The van der Waals surface area contributed by atoms with Crippen molar-refractivity contribution in [1.29, 1.82) is 0 Å². The highest BCUT2D eigenvalue weighted by molar-refractivity contribution is 5.80. The topological polar surface area (TPSA) is 133 Å². The third-order valence-electron chi connectivity index (χ3n) is 4.66. The van der Waals surface area contributed by atoms with Crippen molar-refractivity contribution in [2.75, 3.05) is 13.1 Å². The summed E-state index contributed by atoms with van der Waals surface area (Å²) in [4.78, 5) is 36.2. The van der Waals surface area contributed by atoms with Gasteiger partial charge in [0.05, 0.1) is 6.20 Å². The summed E-state index contributed by atoms with van der Waals surface area (Å²) >= 11 is 0. The SMILES string of the molecule is CCC(CNC(C)=O)CN1C(C(=O)O)CC(c2ccno2)C1C(=O)O. The van der Waals surface area contributed by atoms with E-state index in [1.807, 2.05) is 6.92 Å². The zero-order valence-corrected chi connectivity index (χ0v) is 14.2. The number of carbonyl (C=O) groups is 3. The number of likely N-dealkylation sites (tertiary alicyclic amines) is 1. The number of aliphatic carboxylic acids is 2. The highest BCUT2D eigenvalue weighted by atomic mass is 16.5. The standard InChI is InChI=1S/C16H23N3O6/c1-3-10(7-17-9(2)20)8-19-12(15(21)22)6-11(14(19)16(23)24)13-4-5-18-25-13/h4-5,10-12,14H,3,6-8H2,1-2H3,(H,17,20)(H,21,22)(H,23,24). The molecule has 9 heteroatoms. The number of nitrogens with zero attached hydrogens (tertiary/aromatic N) is 2. The third kappa shape index (κ3) is 4.36. The molecule has 1 aromatic rings. The summed E-state index contributed by atoms with van der Waals surface area (Å²) < 4.78 is 5.09. The van der Waals surface area contributed by atoms with Gasteiger partial charge in [0.15, 0.2) is 0 Å². The minimum absolute atomic E-state index is 0.0546. The lowest BCUT2D eigenvalue weighted by atomic mass is 9.96. The number of nitrogens with one attached hydrogen (secondary N) is 1. The number of rotatable bonds is 8. The molecule has 9 nitrogen and oxygen atoms in total. The number of hydrogen-bond donors (Lipinski definition) is 3. The third-order valence-corrected chi connectivity index (χ3v) is 4.66. The van der Waals surface area contributed by atoms with E-state index in [4.69, 9.17) is 4.52 Å². The maximum Gasteiger partial charge on any atom is 0.321 e. The first-order chi connectivity index (χ1) is 11.8. The van der Waals surface area contributed by atoms with Crippen LogP contribution in [0.3, 0.4) is 0 Å². The van der Waals surface area contributed by atoms with Gasteiger partial charge in [-0.1, -0.05) is 18.5 Å². The molecule has 4 unspecified atom stereocenters. The predicted octanol–water partition coefficient (Wildman–Crippen LogP) is 0.533. The van der Waals surface area contributed by atoms with Crippen molar-refractivity contribution >= 4 is 17.8 Å². The van der Waals surface area contributed by atoms with Crippen LogP contribution in [0.2, 0.25) is 0 Å². The van der Waals surface area contributed by atoms with Gasteiger partial charge in [-0.05, 0) is 12.3 Å². The Bertz CT molecular complexity index is 617. The smallest absolute Gasteiger partial charge is 0.321 e. The fourth-order valence-corrected chi connectivity index (χ4v) is 3.34. The molecule has 0 aromatic carbocycles. The molecule has 1 amide bonds. The Morgan fingerprint density at radius 1 is 1.40 bits per heavy atom. The van der Waals surface area contributed by atoms with Crippen LogP contribution >= 0.6 is 0 Å². The molecular weight excluding hydrogens is 330 g/mol. The normalized spacial score (nSPS) is 24.8. The van der Waals surface area contributed by atoms with Crippen molar-refractivity contribution in [3.05, 3.63) is 18.0 Å². The van der Waals surface area contributed by atoms with Crippen LogP contribution in [-0.4, -0.2) is 63.3 Å². The molecule has 2 heterocycles. The Balaban J connectivity index is 2.25. The van der Waals surface area contributed by atoms with E-state index in [1.165, 1.54) is 18.0 Å². The summed E-state index contributed by atoms with van der Waals surface area (Å²) in [5, 5.41) is 25.5. The molecule has 1 saturated heterocycles. The van der Waals surface area contributed by atoms with E-state index in [0.717, 1.165) is 0 Å². The molecule has 0 aliphatic carbocycles. The Morgan fingerprint density at radius 3 is 2.60 bits per heavy atom. The first-order valence-corrected chi connectivity index (χ1v) is 8.21. The maximum absolute atomic E-state index is 11.9. The Labute approximate surface area is 145 Å². The van der Waals surface area contributed by atoms with E-state index >= 15 is 0 Å². The van der Waals surface area contributed by atoms with Gasteiger partial charge in [-0.25, -0.2) is 0 Å². The van der Waals surface area contributed by atoms with E-state index in [1.54, 1.807) is 6.07 Å². The molecule has 0 bridgehead atoms. The minimum atomic E-state index is -1.10. The molecule has 2 rings (SSSR count). The minimum Gasteiger partial charge on any atom is -0.480 e. The maximum atomic E-state index is 11.9. The molecule has 0 radical (unpaired) electrons. The molecule has 0 spiro atoms. The summed E-state index contributed by atoms with van der Waals surface area (Å²) in [7, 11) is 0. The monoisotopic (exact) mass is 353 g/mol. The van der Waals surface area contributed by atoms with Crippen molar-refractivity contribution in [2.24, 2.45) is 5.92 Å². The Hall–Kier alpha value is -2.42. The summed E-state index contributed by atoms with van der Waals surface area (Å²) in [6.45, 7) is 3.95. The van der Waals surface area contributed by atoms with Crippen molar-refractivity contribution in [2.45, 2.75) is 44.7 Å². The fourth-order valence-electron chi connectivity index (χ4n) is 3.34. The molecular formula is C16H23N3O6. The first-order valence-electron chi connectivity index (χ1n) is 8.21. The number of aromatic nitrogens is 1. The van der Waals surface area contributed by atoms with Crippen LogP contribution in [0.5, 0.6) is 0 Å². The lowest BCUT2D eigenvalue weighted by Gasteiger charge is -2.30. The van der Waals surface area contributed by atoms with Gasteiger partial charge in [-0.3, -0.25) is 19.3 Å². The van der Waals surface area contributed by atoms with E-state index in [-0.39, 0.29) is 24.8 Å². The van der Waals surface area contributed by atoms with Gasteiger partial charge in [0.1, 0.15) is 17.8 Å². The lowest BCUT2D eigenvalue weighted by molar-refractivity contribution is -0.147. The molecule has 0 saturated carbocycles. The number of amides is 1. The van der Waals surface area contributed by atoms with Crippen molar-refractivity contribution in [3.8, 4) is 0 Å². The zero-order chi connectivity index (χ0) is 18.6. The quantitative estimate of drug-likeness (QED) is 0.616. The Kier molecular flexibility index (Phi) is 6.13. The van der Waals surface area contributed by atoms with Crippen LogP contribution in [0.1, 0.15) is 38.4 Å². The van der Waals surface area contributed by atoms with E-state index < -0.39 is 29.9 Å². The Morgan fingerprint density at radius 2 is 2.12 bits per heavy atom. The van der Waals surface area contributed by atoms with Gasteiger partial charge in [-0.2, -0.15) is 0 Å². The number of carboxylic acid groups (broad SMARTS) is 2. The molecule has 3 N–H and O–H groups in total. The summed E-state index contributed by atoms with van der Waals surface area (Å²) in [5.41, 5.74) is 0. The first kappa shape index (κ1) is 18.9. The largest absolute Gasteiger partial charge is 0.480 e. The molecule has 1 aliphatic heterocycles. The van der Waals surface area contributed by atoms with Crippen LogP contribution in [0.15, 0.2) is 16.8 Å². The van der Waals surface area contributed by atoms with Crippen LogP contribution < -0.4 is 5.32 Å². The van der Waals surface area contributed by atoms with Crippen molar-refractivity contribution < 1.29 is 29.1 Å². The fraction of sp³-hybridized carbons (Fsp3) is 0.625. The van der Waals surface area contributed by atoms with Gasteiger partial charge in [0.2, 0.25) is 5.91 Å². The molecule has 1 aromatic heterocycles. The highest BCUT2D eigenvalue weighted by Crippen LogP contribution is 2.38. The number of carbonyl (C=O) groups excluding carboxylic acids is 1. The molecule has 1 fully saturated rings. The van der Waals surface area contributed by atoms with Crippen LogP contribution in [0, 0.1) is 5.92 Å². The lowest BCUT2D eigenvalue weighted by Crippen LogP contribution is -2.48. The number of hydrogen-bond acceptors (Lipinski definition) is 6. The van der Waals surface area contributed by atoms with Gasteiger partial charge >= 0.3 is 11.9 Å². The van der Waals surface area contributed by atoms with Crippen molar-refractivity contribution in [1.82, 2.24) is 15.4 Å². The highest BCUT2D eigenvalue weighted by Gasteiger charge is 2.50. The average Bonchev–Trinajstić information content (AvgIpc) is 3.17. The van der Waals surface area contributed by atoms with Crippen LogP contribution in [0.4, 0.5) is 0 Å². The average molecular weight is 353 g/mol. The van der Waals surface area contributed by atoms with Crippen LogP contribution in [0.25, 0.3) is 0 Å². The van der Waals surface area contributed by atoms with E-state index in [0.29, 0.717) is 18.7 Å². The second-order valence-electron chi connectivity index (χ2n) is 6.30. The van der Waals surface area contributed by atoms with E-state index in [9.17, 15) is 24.6 Å². The van der Waals surface area contributed by atoms with Gasteiger partial charge in [-0.15, -0.1) is 0 Å². The van der Waals surface area contributed by atoms with Gasteiger partial charge < -0.3 is 20.1 Å². The van der Waals surface area contributed by atoms with E-state index in [2.05, 4.69) is 10.5 Å². The molecule has 25 heavy (non-hydrogen) atoms. The van der Waals surface area contributed by atoms with Crippen molar-refractivity contribution in [3.63, 3.8) is 0 Å². The molecule has 138 valence electrons. The summed E-state index contributed by atoms with van der Waals surface area (Å²) in [6, 6.07) is -0.375. The van der Waals surface area contributed by atoms with Gasteiger partial charge in [0.25, 0.3) is 0 Å². The van der Waals surface area contributed by atoms with Gasteiger partial charge in [0, 0.05) is 32.0 Å². The summed E-state index contributed by atoms with van der Waals surface area (Å²) in [6.07, 6.45) is 2.23. The molecule has 4 atom stereocenters.